The molecule has 5 rings (SSSR count). The number of hydrogen-bond acceptors (Lipinski definition) is 7. The van der Waals surface area contributed by atoms with Crippen LogP contribution >= 0.6 is 0 Å². The summed E-state index contributed by atoms with van der Waals surface area (Å²) >= 11 is 0. The van der Waals surface area contributed by atoms with E-state index in [1.807, 2.05) is 11.0 Å². The number of hydrogen-bond donors (Lipinski definition) is 1. The van der Waals surface area contributed by atoms with Crippen molar-refractivity contribution in [2.24, 2.45) is 0 Å². The Balaban J connectivity index is 1.37. The molecule has 9 heteroatoms. The predicted octanol–water partition coefficient (Wildman–Crippen LogP) is 0.931. The number of ether oxygens (including phenoxy) is 1. The van der Waals surface area contributed by atoms with E-state index in [9.17, 15) is 9.59 Å². The summed E-state index contributed by atoms with van der Waals surface area (Å²) in [6.45, 7) is 9.52. The number of nitrogens with zero attached hydrogens (tertiary/aromatic N) is 5. The number of piperazine rings is 1. The number of aromatic nitrogens is 1. The topological polar surface area (TPSA) is 81.2 Å². The number of pyridine rings is 1. The van der Waals surface area contributed by atoms with Crippen LogP contribution in [0.1, 0.15) is 22.3 Å². The molecule has 3 fully saturated rings. The van der Waals surface area contributed by atoms with Crippen LogP contribution in [-0.2, 0) is 16.1 Å². The lowest BCUT2D eigenvalue weighted by Gasteiger charge is -2.33. The zero-order valence-electron chi connectivity index (χ0n) is 21.5. The van der Waals surface area contributed by atoms with E-state index in [0.29, 0.717) is 31.6 Å². The highest BCUT2D eigenvalue weighted by atomic mass is 16.5. The molecule has 9 nitrogen and oxygen atoms in total. The Morgan fingerprint density at radius 3 is 2.54 bits per heavy atom. The summed E-state index contributed by atoms with van der Waals surface area (Å²) in [7, 11) is 0. The largest absolute Gasteiger partial charge is 0.379 e. The number of likely N-dealkylation sites (tertiary alicyclic amines) is 1. The van der Waals surface area contributed by atoms with Gasteiger partial charge in [0.25, 0.3) is 5.91 Å². The second kappa shape index (κ2) is 12.6. The van der Waals surface area contributed by atoms with Crippen molar-refractivity contribution in [3.05, 3.63) is 66.0 Å². The molecule has 0 bridgehead atoms. The van der Waals surface area contributed by atoms with Crippen molar-refractivity contribution < 1.29 is 14.3 Å². The number of rotatable bonds is 8. The first-order valence-electron chi connectivity index (χ1n) is 13.5. The van der Waals surface area contributed by atoms with Gasteiger partial charge in [0.2, 0.25) is 5.91 Å². The van der Waals surface area contributed by atoms with E-state index in [-0.39, 0.29) is 17.9 Å². The Morgan fingerprint density at radius 2 is 1.81 bits per heavy atom. The Bertz CT molecular complexity index is 1010. The van der Waals surface area contributed by atoms with E-state index in [0.717, 1.165) is 59.0 Å². The zero-order valence-corrected chi connectivity index (χ0v) is 21.5. The van der Waals surface area contributed by atoms with Crippen molar-refractivity contribution in [3.63, 3.8) is 0 Å². The fraction of sp³-hybridized carbons (Fsp3) is 0.536. The summed E-state index contributed by atoms with van der Waals surface area (Å²) in [5.74, 6) is -0.0500. The molecular formula is C28H38N6O3. The highest BCUT2D eigenvalue weighted by molar-refractivity contribution is 5.97. The van der Waals surface area contributed by atoms with E-state index < -0.39 is 6.04 Å². The molecule has 1 aromatic heterocycles. The van der Waals surface area contributed by atoms with Crippen LogP contribution in [0.25, 0.3) is 0 Å². The summed E-state index contributed by atoms with van der Waals surface area (Å²) in [4.78, 5) is 40.2. The summed E-state index contributed by atoms with van der Waals surface area (Å²) in [6.07, 6.45) is 3.91. The van der Waals surface area contributed by atoms with Gasteiger partial charge in [-0.25, -0.2) is 0 Å². The maximum atomic E-state index is 13.7. The fourth-order valence-electron chi connectivity index (χ4n) is 5.59. The Hall–Kier alpha value is -2.85. The van der Waals surface area contributed by atoms with Gasteiger partial charge in [-0.3, -0.25) is 24.4 Å². The molecule has 2 unspecified atom stereocenters. The molecule has 3 saturated heterocycles. The number of morpholine rings is 1. The second-order valence-corrected chi connectivity index (χ2v) is 10.1. The SMILES string of the molecule is O=C(C1CC(N(CCN2CCOCC2)Cc2ccccc2)CN1C(=O)c1cccnc1)N1CCNCC1. The number of benzene rings is 1. The second-order valence-electron chi connectivity index (χ2n) is 10.1. The number of amides is 2. The van der Waals surface area contributed by atoms with Crippen LogP contribution < -0.4 is 5.32 Å². The van der Waals surface area contributed by atoms with Crippen molar-refractivity contribution >= 4 is 11.8 Å². The first-order valence-corrected chi connectivity index (χ1v) is 13.5. The number of carbonyl (C=O) groups excluding carboxylic acids is 2. The van der Waals surface area contributed by atoms with Crippen molar-refractivity contribution in [1.29, 1.82) is 0 Å². The van der Waals surface area contributed by atoms with Gasteiger partial charge < -0.3 is 19.9 Å². The van der Waals surface area contributed by atoms with Gasteiger partial charge in [0.05, 0.1) is 18.8 Å². The minimum atomic E-state index is -0.461. The van der Waals surface area contributed by atoms with Gasteiger partial charge >= 0.3 is 0 Å². The first kappa shape index (κ1) is 25.8. The third kappa shape index (κ3) is 6.54. The molecule has 3 aliphatic rings. The molecule has 1 N–H and O–H groups in total. The third-order valence-corrected chi connectivity index (χ3v) is 7.71. The van der Waals surface area contributed by atoms with E-state index in [4.69, 9.17) is 4.74 Å². The van der Waals surface area contributed by atoms with Gasteiger partial charge in [-0.05, 0) is 24.1 Å². The predicted molar refractivity (Wildman–Crippen MR) is 141 cm³/mol. The van der Waals surface area contributed by atoms with E-state index in [1.54, 1.807) is 29.4 Å². The van der Waals surface area contributed by atoms with Crippen LogP contribution in [0.2, 0.25) is 0 Å². The molecule has 2 atom stereocenters. The molecule has 198 valence electrons. The van der Waals surface area contributed by atoms with Crippen molar-refractivity contribution in [1.82, 2.24) is 29.9 Å². The lowest BCUT2D eigenvalue weighted by atomic mass is 10.1. The normalized spacial score (nSPS) is 22.9. The molecule has 0 radical (unpaired) electrons. The average molecular weight is 507 g/mol. The molecule has 1 aromatic carbocycles. The number of carbonyl (C=O) groups is 2. The minimum Gasteiger partial charge on any atom is -0.379 e. The standard InChI is InChI=1S/C28H38N6O3/c35-27(24-7-4-8-30-20-24)34-22-25(19-26(34)28(36)32-11-9-29-10-12-32)33(21-23-5-2-1-3-6-23)14-13-31-15-17-37-18-16-31/h1-8,20,25-26,29H,9-19,21-22H2. The highest BCUT2D eigenvalue weighted by Crippen LogP contribution is 2.27. The Morgan fingerprint density at radius 1 is 1.03 bits per heavy atom. The van der Waals surface area contributed by atoms with Gasteiger partial charge in [0.15, 0.2) is 0 Å². The van der Waals surface area contributed by atoms with Gasteiger partial charge in [0, 0.05) is 83.9 Å². The maximum Gasteiger partial charge on any atom is 0.256 e. The summed E-state index contributed by atoms with van der Waals surface area (Å²) in [6, 6.07) is 13.7. The molecule has 37 heavy (non-hydrogen) atoms. The molecule has 2 aromatic rings. The molecule has 0 spiro atoms. The lowest BCUT2D eigenvalue weighted by molar-refractivity contribution is -0.135. The summed E-state index contributed by atoms with van der Waals surface area (Å²) in [5, 5.41) is 3.32. The van der Waals surface area contributed by atoms with Crippen molar-refractivity contribution in [3.8, 4) is 0 Å². The minimum absolute atomic E-state index is 0.0640. The molecule has 0 aliphatic carbocycles. The monoisotopic (exact) mass is 506 g/mol. The number of nitrogens with one attached hydrogen (secondary N) is 1. The third-order valence-electron chi connectivity index (χ3n) is 7.71. The van der Waals surface area contributed by atoms with Gasteiger partial charge in [-0.1, -0.05) is 30.3 Å². The zero-order chi connectivity index (χ0) is 25.5. The Kier molecular flexibility index (Phi) is 8.78. The van der Waals surface area contributed by atoms with E-state index in [2.05, 4.69) is 44.4 Å². The van der Waals surface area contributed by atoms with Crippen molar-refractivity contribution in [2.75, 3.05) is 72.1 Å². The van der Waals surface area contributed by atoms with Crippen LogP contribution in [0.3, 0.4) is 0 Å². The van der Waals surface area contributed by atoms with Crippen LogP contribution in [0.5, 0.6) is 0 Å². The molecular weight excluding hydrogens is 468 g/mol. The van der Waals surface area contributed by atoms with Gasteiger partial charge in [-0.2, -0.15) is 0 Å². The smallest absolute Gasteiger partial charge is 0.256 e. The first-order chi connectivity index (χ1) is 18.2. The average Bonchev–Trinajstić information content (AvgIpc) is 3.42. The van der Waals surface area contributed by atoms with Gasteiger partial charge in [-0.15, -0.1) is 0 Å². The lowest BCUT2D eigenvalue weighted by Crippen LogP contribution is -2.53. The van der Waals surface area contributed by atoms with Crippen LogP contribution in [0, 0.1) is 0 Å². The fourth-order valence-corrected chi connectivity index (χ4v) is 5.59. The maximum absolute atomic E-state index is 13.7. The van der Waals surface area contributed by atoms with Crippen molar-refractivity contribution in [2.45, 2.75) is 25.0 Å². The molecule has 3 aliphatic heterocycles. The van der Waals surface area contributed by atoms with Crippen LogP contribution in [0.15, 0.2) is 54.9 Å². The highest BCUT2D eigenvalue weighted by Gasteiger charge is 2.43. The Labute approximate surface area is 219 Å². The van der Waals surface area contributed by atoms with E-state index >= 15 is 0 Å². The summed E-state index contributed by atoms with van der Waals surface area (Å²) < 4.78 is 5.53. The molecule has 0 saturated carbocycles. The molecule has 4 heterocycles. The summed E-state index contributed by atoms with van der Waals surface area (Å²) in [5.41, 5.74) is 1.77. The van der Waals surface area contributed by atoms with Gasteiger partial charge in [0.1, 0.15) is 6.04 Å². The van der Waals surface area contributed by atoms with Crippen LogP contribution in [0.4, 0.5) is 0 Å². The van der Waals surface area contributed by atoms with Crippen LogP contribution in [-0.4, -0.2) is 121 Å². The quantitative estimate of drug-likeness (QED) is 0.571. The molecule has 2 amide bonds. The van der Waals surface area contributed by atoms with E-state index in [1.165, 1.54) is 5.56 Å².